The minimum atomic E-state index is -0.521. The predicted molar refractivity (Wildman–Crippen MR) is 102 cm³/mol. The van der Waals surface area contributed by atoms with Gasteiger partial charge in [-0.05, 0) is 61.4 Å². The third-order valence-corrected chi connectivity index (χ3v) is 5.00. The van der Waals surface area contributed by atoms with Gasteiger partial charge in [-0.15, -0.1) is 0 Å². The molecule has 2 aromatic rings. The maximum absolute atomic E-state index is 10.3. The Morgan fingerprint density at radius 1 is 1.08 bits per heavy atom. The first-order valence-electron chi connectivity index (χ1n) is 9.38. The van der Waals surface area contributed by atoms with E-state index < -0.39 is 6.10 Å². The fourth-order valence-corrected chi connectivity index (χ4v) is 3.46. The summed E-state index contributed by atoms with van der Waals surface area (Å²) in [5.41, 5.74) is 5.37. The van der Waals surface area contributed by atoms with Gasteiger partial charge < -0.3 is 15.2 Å². The van der Waals surface area contributed by atoms with Crippen molar-refractivity contribution in [3.8, 4) is 5.75 Å². The third kappa shape index (κ3) is 4.83. The highest BCUT2D eigenvalue weighted by Gasteiger charge is 2.14. The Bertz CT molecular complexity index is 681. The Kier molecular flexibility index (Phi) is 6.11. The predicted octanol–water partition coefficient (Wildman–Crippen LogP) is 3.96. The van der Waals surface area contributed by atoms with E-state index in [-0.39, 0.29) is 6.04 Å². The van der Waals surface area contributed by atoms with E-state index in [1.165, 1.54) is 35.1 Å². The number of fused-ring (bicyclic) bond motifs is 1. The van der Waals surface area contributed by atoms with Crippen LogP contribution >= 0.6 is 0 Å². The quantitative estimate of drug-likeness (QED) is 0.765. The largest absolute Gasteiger partial charge is 0.491 e. The van der Waals surface area contributed by atoms with Crippen molar-refractivity contribution in [1.29, 1.82) is 0 Å². The van der Waals surface area contributed by atoms with E-state index in [9.17, 15) is 5.11 Å². The fourth-order valence-electron chi connectivity index (χ4n) is 3.46. The Labute approximate surface area is 151 Å². The number of rotatable bonds is 8. The minimum Gasteiger partial charge on any atom is -0.491 e. The van der Waals surface area contributed by atoms with Gasteiger partial charge in [0, 0.05) is 12.6 Å². The topological polar surface area (TPSA) is 41.5 Å². The van der Waals surface area contributed by atoms with Gasteiger partial charge in [0.25, 0.3) is 0 Å². The van der Waals surface area contributed by atoms with Gasteiger partial charge in [-0.25, -0.2) is 0 Å². The van der Waals surface area contributed by atoms with Crippen LogP contribution in [0.3, 0.4) is 0 Å². The van der Waals surface area contributed by atoms with Gasteiger partial charge in [0.1, 0.15) is 18.5 Å². The Balaban J connectivity index is 1.47. The average Bonchev–Trinajstić information content (AvgIpc) is 3.09. The summed E-state index contributed by atoms with van der Waals surface area (Å²) >= 11 is 0. The summed E-state index contributed by atoms with van der Waals surface area (Å²) in [7, 11) is 0. The van der Waals surface area contributed by atoms with Crippen molar-refractivity contribution in [2.75, 3.05) is 13.2 Å². The van der Waals surface area contributed by atoms with Crippen LogP contribution in [-0.2, 0) is 12.8 Å². The van der Waals surface area contributed by atoms with Gasteiger partial charge in [-0.1, -0.05) is 42.8 Å². The lowest BCUT2D eigenvalue weighted by atomic mass is 10.0. The van der Waals surface area contributed by atoms with E-state index in [1.807, 2.05) is 6.07 Å². The van der Waals surface area contributed by atoms with Gasteiger partial charge in [0.05, 0.1) is 0 Å². The zero-order valence-electron chi connectivity index (χ0n) is 15.3. The van der Waals surface area contributed by atoms with Gasteiger partial charge in [-0.3, -0.25) is 0 Å². The second kappa shape index (κ2) is 8.50. The lowest BCUT2D eigenvalue weighted by molar-refractivity contribution is 0.103. The lowest BCUT2D eigenvalue weighted by Gasteiger charge is -2.20. The van der Waals surface area contributed by atoms with Gasteiger partial charge in [-0.2, -0.15) is 0 Å². The Morgan fingerprint density at radius 3 is 2.60 bits per heavy atom. The van der Waals surface area contributed by atoms with Crippen LogP contribution < -0.4 is 10.1 Å². The molecule has 2 aromatic carbocycles. The standard InChI is InChI=1S/C22H29NO2/c1-3-22(18-9-7-16(2)8-10-18)23-14-20(24)15-25-21-12-11-17-5-4-6-19(17)13-21/h7-13,20,22-24H,3-6,14-15H2,1-2H3. The highest BCUT2D eigenvalue weighted by Crippen LogP contribution is 2.26. The maximum atomic E-state index is 10.3. The van der Waals surface area contributed by atoms with Crippen LogP contribution in [-0.4, -0.2) is 24.4 Å². The number of ether oxygens (including phenoxy) is 1. The molecule has 0 heterocycles. The van der Waals surface area contributed by atoms with E-state index in [1.54, 1.807) is 0 Å². The zero-order valence-corrected chi connectivity index (χ0v) is 15.3. The molecule has 0 aromatic heterocycles. The molecule has 0 aliphatic heterocycles. The third-order valence-electron chi connectivity index (χ3n) is 5.00. The van der Waals surface area contributed by atoms with E-state index in [0.717, 1.165) is 18.6 Å². The second-order valence-corrected chi connectivity index (χ2v) is 7.03. The summed E-state index contributed by atoms with van der Waals surface area (Å²) in [4.78, 5) is 0. The van der Waals surface area contributed by atoms with E-state index in [2.05, 4.69) is 55.6 Å². The van der Waals surface area contributed by atoms with Crippen molar-refractivity contribution >= 4 is 0 Å². The first kappa shape index (κ1) is 18.0. The summed E-state index contributed by atoms with van der Waals surface area (Å²) in [6.07, 6.45) is 4.03. The normalized spacial score (nSPS) is 15.6. The zero-order chi connectivity index (χ0) is 17.6. The maximum Gasteiger partial charge on any atom is 0.119 e. The van der Waals surface area contributed by atoms with Crippen molar-refractivity contribution in [2.45, 2.75) is 51.7 Å². The van der Waals surface area contributed by atoms with Crippen LogP contribution in [0.25, 0.3) is 0 Å². The highest BCUT2D eigenvalue weighted by atomic mass is 16.5. The number of aliphatic hydroxyl groups excluding tert-OH is 1. The summed E-state index contributed by atoms with van der Waals surface area (Å²) in [6, 6.07) is 15.1. The monoisotopic (exact) mass is 339 g/mol. The second-order valence-electron chi connectivity index (χ2n) is 7.03. The molecule has 1 aliphatic rings. The highest BCUT2D eigenvalue weighted by molar-refractivity contribution is 5.38. The van der Waals surface area contributed by atoms with Gasteiger partial charge in [0.15, 0.2) is 0 Å². The fraction of sp³-hybridized carbons (Fsp3) is 0.455. The molecule has 0 saturated carbocycles. The Morgan fingerprint density at radius 2 is 1.84 bits per heavy atom. The first-order valence-corrected chi connectivity index (χ1v) is 9.38. The first-order chi connectivity index (χ1) is 12.2. The average molecular weight is 339 g/mol. The van der Waals surface area contributed by atoms with Gasteiger partial charge >= 0.3 is 0 Å². The molecule has 2 N–H and O–H groups in total. The summed E-state index contributed by atoms with van der Waals surface area (Å²) in [5, 5.41) is 13.7. The number of nitrogens with one attached hydrogen (secondary N) is 1. The molecule has 3 nitrogen and oxygen atoms in total. The number of aliphatic hydroxyl groups is 1. The van der Waals surface area contributed by atoms with E-state index in [4.69, 9.17) is 4.74 Å². The number of hydrogen-bond acceptors (Lipinski definition) is 3. The molecule has 0 radical (unpaired) electrons. The molecule has 0 bridgehead atoms. The Hall–Kier alpha value is -1.84. The molecule has 0 amide bonds. The molecule has 134 valence electrons. The molecule has 3 rings (SSSR count). The van der Waals surface area contributed by atoms with Crippen LogP contribution in [0, 0.1) is 6.92 Å². The molecule has 0 saturated heterocycles. The summed E-state index contributed by atoms with van der Waals surface area (Å²) in [5.74, 6) is 0.866. The number of hydrogen-bond donors (Lipinski definition) is 2. The van der Waals surface area contributed by atoms with Crippen LogP contribution in [0.1, 0.15) is 48.1 Å². The van der Waals surface area contributed by atoms with Crippen molar-refractivity contribution in [3.63, 3.8) is 0 Å². The van der Waals surface area contributed by atoms with Crippen LogP contribution in [0.4, 0.5) is 0 Å². The van der Waals surface area contributed by atoms with Crippen LogP contribution in [0.2, 0.25) is 0 Å². The number of aryl methyl sites for hydroxylation is 3. The molecule has 0 spiro atoms. The van der Waals surface area contributed by atoms with Crippen LogP contribution in [0.5, 0.6) is 5.75 Å². The smallest absolute Gasteiger partial charge is 0.119 e. The van der Waals surface area contributed by atoms with E-state index >= 15 is 0 Å². The van der Waals surface area contributed by atoms with E-state index in [0.29, 0.717) is 13.2 Å². The molecule has 2 unspecified atom stereocenters. The molecule has 1 aliphatic carbocycles. The number of benzene rings is 2. The molecule has 0 fully saturated rings. The molecular weight excluding hydrogens is 310 g/mol. The molecule has 25 heavy (non-hydrogen) atoms. The molecule has 3 heteroatoms. The SMILES string of the molecule is CCC(NCC(O)COc1ccc2c(c1)CCC2)c1ccc(C)cc1. The van der Waals surface area contributed by atoms with Crippen molar-refractivity contribution in [2.24, 2.45) is 0 Å². The lowest BCUT2D eigenvalue weighted by Crippen LogP contribution is -2.33. The van der Waals surface area contributed by atoms with Gasteiger partial charge in [0.2, 0.25) is 0 Å². The summed E-state index contributed by atoms with van der Waals surface area (Å²) in [6.45, 7) is 5.09. The van der Waals surface area contributed by atoms with Crippen molar-refractivity contribution in [3.05, 3.63) is 64.7 Å². The minimum absolute atomic E-state index is 0.259. The molecule has 2 atom stereocenters. The van der Waals surface area contributed by atoms with Crippen molar-refractivity contribution in [1.82, 2.24) is 5.32 Å². The molecular formula is C22H29NO2. The van der Waals surface area contributed by atoms with Crippen molar-refractivity contribution < 1.29 is 9.84 Å². The summed E-state index contributed by atoms with van der Waals surface area (Å²) < 4.78 is 5.79. The van der Waals surface area contributed by atoms with Crippen LogP contribution in [0.15, 0.2) is 42.5 Å².